The molecule has 236 valence electrons. The second-order valence-electron chi connectivity index (χ2n) is 11.7. The van der Waals surface area contributed by atoms with Crippen LogP contribution in [0.3, 0.4) is 0 Å². The van der Waals surface area contributed by atoms with Gasteiger partial charge in [-0.15, -0.1) is 0 Å². The molecule has 0 fully saturated rings. The van der Waals surface area contributed by atoms with E-state index in [1.165, 1.54) is 22.9 Å². The molecule has 0 bridgehead atoms. The smallest absolute Gasteiger partial charge is 0.269 e. The van der Waals surface area contributed by atoms with E-state index in [4.69, 9.17) is 12.2 Å². The van der Waals surface area contributed by atoms with Crippen molar-refractivity contribution in [2.75, 3.05) is 6.54 Å². The first-order valence-electron chi connectivity index (χ1n) is 15.3. The fraction of sp³-hybridized carbons (Fsp3) is 0.250. The quantitative estimate of drug-likeness (QED) is 0.0896. The number of hydrogen-bond acceptors (Lipinski definition) is 5. The van der Waals surface area contributed by atoms with Crippen molar-refractivity contribution in [1.29, 1.82) is 0 Å². The maximum atomic E-state index is 13.5. The summed E-state index contributed by atoms with van der Waals surface area (Å²) >= 11 is 5.96. The topological polar surface area (TPSA) is 105 Å². The Morgan fingerprint density at radius 3 is 2.41 bits per heavy atom. The number of carbonyl (C=O) groups excluding carboxylic acids is 1. The third-order valence-electron chi connectivity index (χ3n) is 8.02. The number of thiocarbonyl (C=S) groups is 1. The van der Waals surface area contributed by atoms with Crippen LogP contribution in [0.5, 0.6) is 0 Å². The number of nitrogens with one attached hydrogen (secondary N) is 2. The Labute approximate surface area is 274 Å². The molecule has 0 aliphatic carbocycles. The molecule has 1 atom stereocenters. The highest BCUT2D eigenvalue weighted by molar-refractivity contribution is 7.80. The Bertz CT molecular complexity index is 1780. The number of aromatic nitrogens is 2. The summed E-state index contributed by atoms with van der Waals surface area (Å²) in [5, 5.41) is 20.7. The Morgan fingerprint density at radius 1 is 0.957 bits per heavy atom. The lowest BCUT2D eigenvalue weighted by Gasteiger charge is -2.33. The molecule has 9 nitrogen and oxygen atoms in total. The first-order chi connectivity index (χ1) is 22.3. The van der Waals surface area contributed by atoms with Crippen LogP contribution in [-0.2, 0) is 30.8 Å². The highest BCUT2D eigenvalue weighted by Crippen LogP contribution is 2.21. The normalized spacial score (nSPS) is 11.7. The number of imidazole rings is 1. The van der Waals surface area contributed by atoms with Crippen molar-refractivity contribution < 1.29 is 9.72 Å². The molecule has 0 saturated carbocycles. The lowest BCUT2D eigenvalue weighted by molar-refractivity contribution is -0.384. The van der Waals surface area contributed by atoms with E-state index in [9.17, 15) is 14.9 Å². The molecule has 5 aromatic rings. The Balaban J connectivity index is 1.29. The molecule has 4 aromatic carbocycles. The second-order valence-corrected chi connectivity index (χ2v) is 12.1. The molecule has 2 N–H and O–H groups in total. The van der Waals surface area contributed by atoms with Gasteiger partial charge in [-0.3, -0.25) is 14.9 Å². The van der Waals surface area contributed by atoms with Crippen LogP contribution in [0.1, 0.15) is 36.2 Å². The third-order valence-corrected chi connectivity index (χ3v) is 8.43. The second kappa shape index (κ2) is 15.3. The number of rotatable bonds is 13. The summed E-state index contributed by atoms with van der Waals surface area (Å²) in [5.74, 6) is 0.0262. The van der Waals surface area contributed by atoms with Gasteiger partial charge in [0.25, 0.3) is 5.69 Å². The molecule has 0 unspecified atom stereocenters. The average molecular weight is 635 g/mol. The summed E-state index contributed by atoms with van der Waals surface area (Å²) in [7, 11) is 0. The Morgan fingerprint density at radius 2 is 1.67 bits per heavy atom. The number of fused-ring (bicyclic) bond motifs is 1. The highest BCUT2D eigenvalue weighted by atomic mass is 32.1. The minimum absolute atomic E-state index is 0.0398. The first kappa shape index (κ1) is 32.3. The first-order valence-corrected chi connectivity index (χ1v) is 15.7. The molecule has 1 heterocycles. The van der Waals surface area contributed by atoms with Crippen molar-refractivity contribution in [1.82, 2.24) is 25.1 Å². The fourth-order valence-corrected chi connectivity index (χ4v) is 5.59. The van der Waals surface area contributed by atoms with E-state index in [-0.39, 0.29) is 30.0 Å². The Hall–Kier alpha value is -5.09. The van der Waals surface area contributed by atoms with Gasteiger partial charge in [0.1, 0.15) is 0 Å². The molecule has 46 heavy (non-hydrogen) atoms. The summed E-state index contributed by atoms with van der Waals surface area (Å²) in [4.78, 5) is 30.4. The van der Waals surface area contributed by atoms with Crippen molar-refractivity contribution in [3.8, 4) is 0 Å². The molecule has 0 aliphatic heterocycles. The number of nitrogens with zero attached hydrogens (tertiary/aromatic N) is 4. The summed E-state index contributed by atoms with van der Waals surface area (Å²) in [6, 6.07) is 31.0. The molecule has 5 rings (SSSR count). The molecule has 10 heteroatoms. The number of carbonyl (C=O) groups is 1. The van der Waals surface area contributed by atoms with Crippen molar-refractivity contribution in [2.45, 2.75) is 45.9 Å². The predicted octanol–water partition coefficient (Wildman–Crippen LogP) is 6.25. The van der Waals surface area contributed by atoms with Gasteiger partial charge >= 0.3 is 0 Å². The minimum Gasteiger partial charge on any atom is -0.358 e. The SMILES string of the molecule is CC(C)[C@@H](CN(Cc1cccc2ccccc12)C(=S)NCc1ccccc1)NC(=O)Cc1cncn1Cc1ccc([N+](=O)[O-])cc1. The maximum Gasteiger partial charge on any atom is 0.269 e. The zero-order valence-electron chi connectivity index (χ0n) is 26.0. The van der Waals surface area contributed by atoms with Crippen molar-refractivity contribution in [2.24, 2.45) is 5.92 Å². The predicted molar refractivity (Wildman–Crippen MR) is 185 cm³/mol. The van der Waals surface area contributed by atoms with E-state index >= 15 is 0 Å². The van der Waals surface area contributed by atoms with Crippen molar-refractivity contribution in [3.05, 3.63) is 142 Å². The lowest BCUT2D eigenvalue weighted by Crippen LogP contribution is -2.50. The lowest BCUT2D eigenvalue weighted by atomic mass is 10.0. The molecular weight excluding hydrogens is 597 g/mol. The summed E-state index contributed by atoms with van der Waals surface area (Å²) in [6.45, 7) is 6.36. The number of non-ortho nitro benzene ring substituents is 1. The van der Waals surface area contributed by atoms with Crippen LogP contribution in [0.15, 0.2) is 110 Å². The molecule has 0 aliphatic rings. The fourth-order valence-electron chi connectivity index (χ4n) is 5.38. The van der Waals surface area contributed by atoms with E-state index in [2.05, 4.69) is 76.8 Å². The summed E-state index contributed by atoms with van der Waals surface area (Å²) in [5.41, 5.74) is 3.97. The van der Waals surface area contributed by atoms with Gasteiger partial charge in [-0.05, 0) is 45.6 Å². The van der Waals surface area contributed by atoms with Gasteiger partial charge < -0.3 is 20.1 Å². The van der Waals surface area contributed by atoms with Crippen LogP contribution >= 0.6 is 12.2 Å². The van der Waals surface area contributed by atoms with E-state index in [0.717, 1.165) is 22.4 Å². The molecule has 0 radical (unpaired) electrons. The monoisotopic (exact) mass is 634 g/mol. The van der Waals surface area contributed by atoms with Gasteiger partial charge in [-0.25, -0.2) is 4.98 Å². The van der Waals surface area contributed by atoms with Crippen LogP contribution < -0.4 is 10.6 Å². The van der Waals surface area contributed by atoms with Gasteiger partial charge in [0.2, 0.25) is 5.91 Å². The van der Waals surface area contributed by atoms with Gasteiger partial charge in [0.15, 0.2) is 5.11 Å². The number of amides is 1. The molecule has 0 spiro atoms. The van der Waals surface area contributed by atoms with Crippen LogP contribution in [0.25, 0.3) is 10.8 Å². The number of benzene rings is 4. The molecule has 0 saturated heterocycles. The van der Waals surface area contributed by atoms with E-state index in [1.54, 1.807) is 24.7 Å². The standard InChI is InChI=1S/C36H38N6O3S/c1-26(2)34(39-35(43)19-32-21-37-25-41(32)22-28-15-17-31(18-16-28)42(44)45)24-40(36(46)38-20-27-9-4-3-5-10-27)23-30-13-8-12-29-11-6-7-14-33(29)30/h3-18,21,25-26,34H,19-20,22-24H2,1-2H3,(H,38,46)(H,39,43)/t34-/m1/s1. The zero-order chi connectivity index (χ0) is 32.5. The summed E-state index contributed by atoms with van der Waals surface area (Å²) < 4.78 is 1.89. The van der Waals surface area contributed by atoms with E-state index in [1.807, 2.05) is 34.9 Å². The van der Waals surface area contributed by atoms with Crippen LogP contribution in [0.2, 0.25) is 0 Å². The number of nitro groups is 1. The van der Waals surface area contributed by atoms with Crippen LogP contribution in [0, 0.1) is 16.0 Å². The Kier molecular flexibility index (Phi) is 10.7. The van der Waals surface area contributed by atoms with Crippen LogP contribution in [0.4, 0.5) is 5.69 Å². The average Bonchev–Trinajstić information content (AvgIpc) is 3.49. The van der Waals surface area contributed by atoms with E-state index in [0.29, 0.717) is 31.3 Å². The highest BCUT2D eigenvalue weighted by Gasteiger charge is 2.23. The third kappa shape index (κ3) is 8.54. The van der Waals surface area contributed by atoms with Gasteiger partial charge in [-0.1, -0.05) is 98.8 Å². The number of hydrogen-bond donors (Lipinski definition) is 2. The van der Waals surface area contributed by atoms with E-state index < -0.39 is 4.92 Å². The van der Waals surface area contributed by atoms with Crippen LogP contribution in [-0.4, -0.2) is 43.0 Å². The molecular formula is C36H38N6O3S. The van der Waals surface area contributed by atoms with Crippen molar-refractivity contribution in [3.63, 3.8) is 0 Å². The molecule has 1 amide bonds. The van der Waals surface area contributed by atoms with Crippen molar-refractivity contribution >= 4 is 39.7 Å². The minimum atomic E-state index is -0.420. The maximum absolute atomic E-state index is 13.5. The zero-order valence-corrected chi connectivity index (χ0v) is 26.8. The number of nitro benzene ring substituents is 1. The molecule has 1 aromatic heterocycles. The largest absolute Gasteiger partial charge is 0.358 e. The van der Waals surface area contributed by atoms with Gasteiger partial charge in [-0.2, -0.15) is 0 Å². The van der Waals surface area contributed by atoms with Gasteiger partial charge in [0.05, 0.1) is 17.7 Å². The summed E-state index contributed by atoms with van der Waals surface area (Å²) in [6.07, 6.45) is 3.51. The van der Waals surface area contributed by atoms with Gasteiger partial charge in [0, 0.05) is 56.2 Å².